The summed E-state index contributed by atoms with van der Waals surface area (Å²) in [5, 5.41) is 3.43. The van der Waals surface area contributed by atoms with E-state index in [1.54, 1.807) is 42.5 Å². The van der Waals surface area contributed by atoms with Crippen LogP contribution >= 0.6 is 11.6 Å². The molecule has 160 valence electrons. The summed E-state index contributed by atoms with van der Waals surface area (Å²) in [7, 11) is -3.89. The predicted octanol–water partition coefficient (Wildman–Crippen LogP) is 4.05. The van der Waals surface area contributed by atoms with Gasteiger partial charge in [0.1, 0.15) is 5.75 Å². The summed E-state index contributed by atoms with van der Waals surface area (Å²) in [6.07, 6.45) is 4.31. The van der Waals surface area contributed by atoms with Gasteiger partial charge in [0, 0.05) is 11.1 Å². The van der Waals surface area contributed by atoms with E-state index < -0.39 is 16.1 Å². The van der Waals surface area contributed by atoms with Crippen LogP contribution in [0, 0.1) is 6.92 Å². The average Bonchev–Trinajstić information content (AvgIpc) is 2.74. The molecule has 2 aliphatic rings. The van der Waals surface area contributed by atoms with Crippen LogP contribution in [0.15, 0.2) is 47.4 Å². The molecule has 0 spiro atoms. The van der Waals surface area contributed by atoms with E-state index in [1.165, 1.54) is 10.7 Å². The van der Waals surface area contributed by atoms with Gasteiger partial charge in [-0.15, -0.1) is 0 Å². The number of fused-ring (bicyclic) bond motifs is 1. The molecule has 6 nitrogen and oxygen atoms in total. The average molecular weight is 449 g/mol. The third kappa shape index (κ3) is 4.27. The maximum atomic E-state index is 13.4. The van der Waals surface area contributed by atoms with Gasteiger partial charge in [-0.3, -0.25) is 9.10 Å². The number of ether oxygens (including phenoxy) is 1. The van der Waals surface area contributed by atoms with Gasteiger partial charge in [0.2, 0.25) is 0 Å². The number of halogens is 1. The highest BCUT2D eigenvalue weighted by Crippen LogP contribution is 2.39. The zero-order chi connectivity index (χ0) is 21.3. The quantitative estimate of drug-likeness (QED) is 0.765. The minimum atomic E-state index is -3.89. The molecule has 0 saturated heterocycles. The van der Waals surface area contributed by atoms with E-state index >= 15 is 0 Å². The van der Waals surface area contributed by atoms with Gasteiger partial charge in [-0.1, -0.05) is 48.6 Å². The predicted molar refractivity (Wildman–Crippen MR) is 117 cm³/mol. The fraction of sp³-hybridized carbons (Fsp3) is 0.409. The third-order valence-electron chi connectivity index (χ3n) is 5.64. The van der Waals surface area contributed by atoms with Gasteiger partial charge in [-0.2, -0.15) is 0 Å². The lowest BCUT2D eigenvalue weighted by Gasteiger charge is -2.35. The largest absolute Gasteiger partial charge is 0.476 e. The van der Waals surface area contributed by atoms with Crippen LogP contribution in [-0.2, 0) is 14.8 Å². The number of carbonyl (C=O) groups excluding carboxylic acids is 1. The highest BCUT2D eigenvalue weighted by atomic mass is 35.5. The number of sulfonamides is 1. The Hall–Kier alpha value is -2.25. The summed E-state index contributed by atoms with van der Waals surface area (Å²) in [6, 6.07) is 11.5. The van der Waals surface area contributed by atoms with E-state index in [9.17, 15) is 13.2 Å². The second-order valence-corrected chi connectivity index (χ2v) is 10.2. The van der Waals surface area contributed by atoms with Crippen molar-refractivity contribution >= 4 is 33.2 Å². The first-order valence-electron chi connectivity index (χ1n) is 10.2. The molecular formula is C22H25ClN2O4S. The molecule has 1 fully saturated rings. The second-order valence-electron chi connectivity index (χ2n) is 7.91. The van der Waals surface area contributed by atoms with Gasteiger partial charge in [0.25, 0.3) is 15.9 Å². The summed E-state index contributed by atoms with van der Waals surface area (Å²) >= 11 is 6.13. The van der Waals surface area contributed by atoms with Crippen molar-refractivity contribution in [3.63, 3.8) is 0 Å². The number of amides is 1. The van der Waals surface area contributed by atoms with E-state index in [-0.39, 0.29) is 23.4 Å². The van der Waals surface area contributed by atoms with E-state index in [2.05, 4.69) is 5.32 Å². The molecule has 0 radical (unpaired) electrons. The monoisotopic (exact) mass is 448 g/mol. The molecule has 2 aromatic rings. The first-order chi connectivity index (χ1) is 14.3. The Morgan fingerprint density at radius 1 is 1.10 bits per heavy atom. The lowest BCUT2D eigenvalue weighted by molar-refractivity contribution is -0.128. The molecule has 0 aromatic heterocycles. The summed E-state index contributed by atoms with van der Waals surface area (Å²) in [5.74, 6) is 0.0386. The number of aryl methyl sites for hydroxylation is 1. The third-order valence-corrected chi connectivity index (χ3v) is 7.67. The Morgan fingerprint density at radius 3 is 2.50 bits per heavy atom. The Balaban J connectivity index is 1.65. The fourth-order valence-corrected chi connectivity index (χ4v) is 5.60. The number of rotatable bonds is 4. The minimum Gasteiger partial charge on any atom is -0.476 e. The van der Waals surface area contributed by atoms with E-state index in [0.717, 1.165) is 31.2 Å². The highest BCUT2D eigenvalue weighted by Gasteiger charge is 2.38. The number of nitrogens with zero attached hydrogens (tertiary/aromatic N) is 1. The zero-order valence-electron chi connectivity index (χ0n) is 16.8. The molecule has 0 unspecified atom stereocenters. The number of carbonyl (C=O) groups is 1. The van der Waals surface area contributed by atoms with Gasteiger partial charge < -0.3 is 10.1 Å². The number of anilines is 1. The second kappa shape index (κ2) is 8.47. The molecule has 1 aliphatic heterocycles. The van der Waals surface area contributed by atoms with Gasteiger partial charge in [-0.05, 0) is 50.1 Å². The molecule has 1 N–H and O–H groups in total. The molecular weight excluding hydrogens is 424 g/mol. The molecule has 1 atom stereocenters. The SMILES string of the molecule is Cc1ccc(S(=O)(=O)N2C[C@@H](C(=O)NC3CCCCC3)Oc3ccc(Cl)cc32)cc1. The zero-order valence-corrected chi connectivity index (χ0v) is 18.4. The van der Waals surface area contributed by atoms with Crippen LogP contribution < -0.4 is 14.4 Å². The van der Waals surface area contributed by atoms with Crippen LogP contribution in [0.4, 0.5) is 5.69 Å². The van der Waals surface area contributed by atoms with Crippen molar-refractivity contribution in [3.05, 3.63) is 53.1 Å². The summed E-state index contributed by atoms with van der Waals surface area (Å²) in [4.78, 5) is 13.1. The normalized spacial score (nSPS) is 19.7. The summed E-state index contributed by atoms with van der Waals surface area (Å²) in [6.45, 7) is 1.79. The fourth-order valence-electron chi connectivity index (χ4n) is 3.97. The Kier molecular flexibility index (Phi) is 5.93. The van der Waals surface area contributed by atoms with E-state index in [1.807, 2.05) is 6.92 Å². The molecule has 1 aliphatic carbocycles. The maximum absolute atomic E-state index is 13.4. The maximum Gasteiger partial charge on any atom is 0.264 e. The molecule has 8 heteroatoms. The molecule has 1 heterocycles. The molecule has 1 saturated carbocycles. The Morgan fingerprint density at radius 2 is 1.80 bits per heavy atom. The first-order valence-corrected chi connectivity index (χ1v) is 12.0. The van der Waals surface area contributed by atoms with Gasteiger partial charge in [-0.25, -0.2) is 8.42 Å². The van der Waals surface area contributed by atoms with Crippen LogP contribution in [0.2, 0.25) is 5.02 Å². The molecule has 4 rings (SSSR count). The van der Waals surface area contributed by atoms with Crippen molar-refractivity contribution in [1.82, 2.24) is 5.32 Å². The standard InChI is InChI=1S/C22H25ClN2O4S/c1-15-7-10-18(11-8-15)30(27,28)25-14-21(22(26)24-17-5-3-2-4-6-17)29-20-12-9-16(23)13-19(20)25/h7-13,17,21H,2-6,14H2,1H3,(H,24,26)/t21-/m0/s1. The smallest absolute Gasteiger partial charge is 0.264 e. The van der Waals surface area contributed by atoms with Crippen molar-refractivity contribution in [3.8, 4) is 5.75 Å². The van der Waals surface area contributed by atoms with Crippen LogP contribution in [0.3, 0.4) is 0 Å². The number of nitrogens with one attached hydrogen (secondary N) is 1. The van der Waals surface area contributed by atoms with Gasteiger partial charge >= 0.3 is 0 Å². The first kappa shape index (κ1) is 21.0. The van der Waals surface area contributed by atoms with Crippen molar-refractivity contribution < 1.29 is 17.9 Å². The van der Waals surface area contributed by atoms with Crippen molar-refractivity contribution in [2.75, 3.05) is 10.8 Å². The van der Waals surface area contributed by atoms with E-state index in [4.69, 9.17) is 16.3 Å². The molecule has 30 heavy (non-hydrogen) atoms. The Bertz CT molecular complexity index is 1030. The van der Waals surface area contributed by atoms with E-state index in [0.29, 0.717) is 16.5 Å². The van der Waals surface area contributed by atoms with Crippen LogP contribution in [0.5, 0.6) is 5.75 Å². The lowest BCUT2D eigenvalue weighted by atomic mass is 9.95. The van der Waals surface area contributed by atoms with Gasteiger partial charge in [0.15, 0.2) is 6.10 Å². The number of benzene rings is 2. The van der Waals surface area contributed by atoms with Crippen molar-refractivity contribution in [1.29, 1.82) is 0 Å². The molecule has 0 bridgehead atoms. The van der Waals surface area contributed by atoms with Crippen LogP contribution in [0.25, 0.3) is 0 Å². The van der Waals surface area contributed by atoms with Crippen LogP contribution in [-0.4, -0.2) is 33.0 Å². The van der Waals surface area contributed by atoms with Crippen molar-refractivity contribution in [2.24, 2.45) is 0 Å². The van der Waals surface area contributed by atoms with Crippen LogP contribution in [0.1, 0.15) is 37.7 Å². The number of hydrogen-bond acceptors (Lipinski definition) is 4. The minimum absolute atomic E-state index is 0.109. The summed E-state index contributed by atoms with van der Waals surface area (Å²) in [5.41, 5.74) is 1.30. The highest BCUT2D eigenvalue weighted by molar-refractivity contribution is 7.92. The van der Waals surface area contributed by atoms with Gasteiger partial charge in [0.05, 0.1) is 17.1 Å². The topological polar surface area (TPSA) is 75.7 Å². The Labute approximate surface area is 182 Å². The van der Waals surface area contributed by atoms with Crippen molar-refractivity contribution in [2.45, 2.75) is 56.1 Å². The summed E-state index contributed by atoms with van der Waals surface area (Å²) < 4.78 is 34.0. The molecule has 1 amide bonds. The molecule has 2 aromatic carbocycles. The number of hydrogen-bond donors (Lipinski definition) is 1. The lowest BCUT2D eigenvalue weighted by Crippen LogP contribution is -2.52.